The van der Waals surface area contributed by atoms with Crippen LogP contribution in [0.3, 0.4) is 0 Å². The summed E-state index contributed by atoms with van der Waals surface area (Å²) in [6, 6.07) is 6.47. The quantitative estimate of drug-likeness (QED) is 0.638. The molecule has 0 radical (unpaired) electrons. The maximum Gasteiger partial charge on any atom is 0.165 e. The minimum Gasteiger partial charge on any atom is -0.489 e. The molecule has 138 valence electrons. The predicted octanol–water partition coefficient (Wildman–Crippen LogP) is 3.42. The fourth-order valence-electron chi connectivity index (χ4n) is 2.54. The second-order valence-corrected chi connectivity index (χ2v) is 6.01. The Morgan fingerprint density at radius 1 is 1.20 bits per heavy atom. The summed E-state index contributed by atoms with van der Waals surface area (Å²) in [7, 11) is 1.69. The SMILES string of the molecule is CCCCc1ncc(CN(CCOC)CCOc2ccccc2F)[nH]1. The first-order valence-corrected chi connectivity index (χ1v) is 8.84. The van der Waals surface area contributed by atoms with Gasteiger partial charge in [0.25, 0.3) is 0 Å². The van der Waals surface area contributed by atoms with Crippen LogP contribution < -0.4 is 4.74 Å². The molecule has 0 saturated heterocycles. The number of benzene rings is 1. The summed E-state index contributed by atoms with van der Waals surface area (Å²) in [5.41, 5.74) is 1.08. The monoisotopic (exact) mass is 349 g/mol. The number of aromatic amines is 1. The second-order valence-electron chi connectivity index (χ2n) is 6.01. The number of aromatic nitrogens is 2. The highest BCUT2D eigenvalue weighted by atomic mass is 19.1. The van der Waals surface area contributed by atoms with Gasteiger partial charge in [-0.15, -0.1) is 0 Å². The molecule has 0 unspecified atom stereocenters. The number of hydrogen-bond acceptors (Lipinski definition) is 4. The Morgan fingerprint density at radius 3 is 2.76 bits per heavy atom. The lowest BCUT2D eigenvalue weighted by Crippen LogP contribution is -2.31. The van der Waals surface area contributed by atoms with Gasteiger partial charge in [0.15, 0.2) is 11.6 Å². The molecule has 1 aromatic carbocycles. The molecular formula is C19H28FN3O2. The molecule has 0 fully saturated rings. The van der Waals surface area contributed by atoms with Gasteiger partial charge in [-0.25, -0.2) is 9.37 Å². The summed E-state index contributed by atoms with van der Waals surface area (Å²) >= 11 is 0. The number of ether oxygens (including phenoxy) is 2. The van der Waals surface area contributed by atoms with Crippen molar-refractivity contribution in [3.05, 3.63) is 47.8 Å². The van der Waals surface area contributed by atoms with Crippen molar-refractivity contribution in [2.75, 3.05) is 33.4 Å². The van der Waals surface area contributed by atoms with Crippen molar-refractivity contribution >= 4 is 0 Å². The first-order chi connectivity index (χ1) is 12.2. The van der Waals surface area contributed by atoms with Crippen LogP contribution in [0.15, 0.2) is 30.5 Å². The van der Waals surface area contributed by atoms with Crippen molar-refractivity contribution in [3.63, 3.8) is 0 Å². The van der Waals surface area contributed by atoms with Crippen LogP contribution in [0.1, 0.15) is 31.3 Å². The lowest BCUT2D eigenvalue weighted by atomic mass is 10.2. The molecule has 2 aromatic rings. The third-order valence-corrected chi connectivity index (χ3v) is 3.96. The van der Waals surface area contributed by atoms with Crippen LogP contribution >= 0.6 is 0 Å². The molecule has 0 spiro atoms. The third-order valence-electron chi connectivity index (χ3n) is 3.96. The molecule has 0 amide bonds. The number of para-hydroxylation sites is 1. The van der Waals surface area contributed by atoms with Crippen LogP contribution in [0.4, 0.5) is 4.39 Å². The third kappa shape index (κ3) is 6.84. The van der Waals surface area contributed by atoms with Gasteiger partial charge in [0.2, 0.25) is 0 Å². The van der Waals surface area contributed by atoms with Crippen molar-refractivity contribution in [3.8, 4) is 5.75 Å². The van der Waals surface area contributed by atoms with E-state index >= 15 is 0 Å². The molecule has 5 nitrogen and oxygen atoms in total. The standard InChI is InChI=1S/C19H28FN3O2/c1-3-4-9-19-21-14-16(22-19)15-23(10-12-24-2)11-13-25-18-8-6-5-7-17(18)20/h5-8,14H,3-4,9-13,15H2,1-2H3,(H,21,22). The smallest absolute Gasteiger partial charge is 0.165 e. The zero-order valence-corrected chi connectivity index (χ0v) is 15.1. The van der Waals surface area contributed by atoms with E-state index in [2.05, 4.69) is 21.8 Å². The second kappa shape index (κ2) is 10.8. The van der Waals surface area contributed by atoms with Crippen LogP contribution in [0.5, 0.6) is 5.75 Å². The van der Waals surface area contributed by atoms with Gasteiger partial charge in [-0.3, -0.25) is 4.90 Å². The summed E-state index contributed by atoms with van der Waals surface area (Å²) < 4.78 is 24.3. The normalized spacial score (nSPS) is 11.2. The van der Waals surface area contributed by atoms with E-state index in [1.54, 1.807) is 25.3 Å². The number of rotatable bonds is 12. The highest BCUT2D eigenvalue weighted by Gasteiger charge is 2.10. The van der Waals surface area contributed by atoms with Gasteiger partial charge >= 0.3 is 0 Å². The minimum atomic E-state index is -0.333. The average molecular weight is 349 g/mol. The molecule has 0 aliphatic rings. The number of unbranched alkanes of at least 4 members (excludes halogenated alkanes) is 1. The molecule has 1 heterocycles. The van der Waals surface area contributed by atoms with E-state index in [4.69, 9.17) is 9.47 Å². The molecule has 0 saturated carbocycles. The molecule has 0 bridgehead atoms. The Bertz CT molecular complexity index is 618. The fraction of sp³-hybridized carbons (Fsp3) is 0.526. The van der Waals surface area contributed by atoms with E-state index in [1.165, 1.54) is 6.07 Å². The van der Waals surface area contributed by atoms with Gasteiger partial charge in [0, 0.05) is 45.1 Å². The van der Waals surface area contributed by atoms with E-state index in [1.807, 2.05) is 6.20 Å². The van der Waals surface area contributed by atoms with Gasteiger partial charge in [0.1, 0.15) is 12.4 Å². The summed E-state index contributed by atoms with van der Waals surface area (Å²) in [6.07, 6.45) is 5.16. The number of nitrogens with one attached hydrogen (secondary N) is 1. The first-order valence-electron chi connectivity index (χ1n) is 8.84. The lowest BCUT2D eigenvalue weighted by Gasteiger charge is -2.21. The Hall–Kier alpha value is -1.92. The zero-order valence-electron chi connectivity index (χ0n) is 15.1. The molecular weight excluding hydrogens is 321 g/mol. The zero-order chi connectivity index (χ0) is 17.9. The highest BCUT2D eigenvalue weighted by Crippen LogP contribution is 2.15. The molecule has 25 heavy (non-hydrogen) atoms. The molecule has 0 aliphatic carbocycles. The number of halogens is 1. The molecule has 2 rings (SSSR count). The van der Waals surface area contributed by atoms with Crippen molar-refractivity contribution in [1.82, 2.24) is 14.9 Å². The molecule has 0 atom stereocenters. The Balaban J connectivity index is 1.85. The Morgan fingerprint density at radius 2 is 2.00 bits per heavy atom. The van der Waals surface area contributed by atoms with Crippen molar-refractivity contribution in [1.29, 1.82) is 0 Å². The van der Waals surface area contributed by atoms with Crippen molar-refractivity contribution in [2.24, 2.45) is 0 Å². The topological polar surface area (TPSA) is 50.4 Å². The van der Waals surface area contributed by atoms with Crippen molar-refractivity contribution < 1.29 is 13.9 Å². The van der Waals surface area contributed by atoms with E-state index < -0.39 is 0 Å². The van der Waals surface area contributed by atoms with Gasteiger partial charge < -0.3 is 14.5 Å². The van der Waals surface area contributed by atoms with E-state index in [9.17, 15) is 4.39 Å². The maximum atomic E-state index is 13.6. The number of H-pyrrole nitrogens is 1. The predicted molar refractivity (Wildman–Crippen MR) is 96.2 cm³/mol. The minimum absolute atomic E-state index is 0.289. The van der Waals surface area contributed by atoms with Crippen molar-refractivity contribution in [2.45, 2.75) is 32.7 Å². The number of aryl methyl sites for hydroxylation is 1. The summed E-state index contributed by atoms with van der Waals surface area (Å²) in [5, 5.41) is 0. The lowest BCUT2D eigenvalue weighted by molar-refractivity contribution is 0.129. The number of methoxy groups -OCH3 is 1. The molecule has 6 heteroatoms. The van der Waals surface area contributed by atoms with Gasteiger partial charge in [-0.05, 0) is 18.6 Å². The Kier molecular flexibility index (Phi) is 8.42. The fourth-order valence-corrected chi connectivity index (χ4v) is 2.54. The van der Waals surface area contributed by atoms with Crippen LogP contribution in [0, 0.1) is 5.82 Å². The highest BCUT2D eigenvalue weighted by molar-refractivity contribution is 5.23. The number of imidazole rings is 1. The van der Waals surface area contributed by atoms with E-state index in [-0.39, 0.29) is 11.6 Å². The van der Waals surface area contributed by atoms with E-state index in [0.29, 0.717) is 19.8 Å². The largest absolute Gasteiger partial charge is 0.489 e. The maximum absolute atomic E-state index is 13.6. The average Bonchev–Trinajstić information content (AvgIpc) is 3.06. The van der Waals surface area contributed by atoms with Crippen LogP contribution in [0.2, 0.25) is 0 Å². The summed E-state index contributed by atoms with van der Waals surface area (Å²) in [6.45, 7) is 5.43. The van der Waals surface area contributed by atoms with Gasteiger partial charge in [-0.1, -0.05) is 25.5 Å². The summed E-state index contributed by atoms with van der Waals surface area (Å²) in [4.78, 5) is 10.0. The molecule has 1 aromatic heterocycles. The van der Waals surface area contributed by atoms with Crippen LogP contribution in [-0.2, 0) is 17.7 Å². The van der Waals surface area contributed by atoms with Gasteiger partial charge in [0.05, 0.1) is 6.61 Å². The number of nitrogens with zero attached hydrogens (tertiary/aromatic N) is 2. The van der Waals surface area contributed by atoms with Gasteiger partial charge in [-0.2, -0.15) is 0 Å². The first kappa shape index (κ1) is 19.4. The van der Waals surface area contributed by atoms with Crippen LogP contribution in [-0.4, -0.2) is 48.3 Å². The Labute approximate surface area is 149 Å². The van der Waals surface area contributed by atoms with Crippen LogP contribution in [0.25, 0.3) is 0 Å². The molecule has 1 N–H and O–H groups in total. The summed E-state index contributed by atoms with van der Waals surface area (Å²) in [5.74, 6) is 0.990. The number of hydrogen-bond donors (Lipinski definition) is 1. The molecule has 0 aliphatic heterocycles. The van der Waals surface area contributed by atoms with E-state index in [0.717, 1.165) is 43.9 Å².